The summed E-state index contributed by atoms with van der Waals surface area (Å²) < 4.78 is 54.8. The second-order valence-electron chi connectivity index (χ2n) is 4.91. The van der Waals surface area contributed by atoms with Crippen LogP contribution in [-0.4, -0.2) is 23.9 Å². The highest BCUT2D eigenvalue weighted by Gasteiger charge is 2.16. The number of hydrogen-bond donors (Lipinski definition) is 2. The predicted octanol–water partition coefficient (Wildman–Crippen LogP) is 2.05. The Hall–Kier alpha value is -1.62. The highest BCUT2D eigenvalue weighted by Crippen LogP contribution is 2.28. The Morgan fingerprint density at radius 3 is 2.21 bits per heavy atom. The molecule has 0 aliphatic heterocycles. The topological polar surface area (TPSA) is 116 Å². The molecule has 3 N–H and O–H groups in total. The lowest BCUT2D eigenvalue weighted by atomic mass is 10.2. The van der Waals surface area contributed by atoms with Crippen LogP contribution >= 0.6 is 15.9 Å². The number of benzene rings is 2. The Morgan fingerprint density at radius 1 is 1.08 bits per heavy atom. The summed E-state index contributed by atoms with van der Waals surface area (Å²) in [7, 11) is -5.94. The smallest absolute Gasteiger partial charge is 0.261 e. The monoisotopic (exact) mass is 434 g/mol. The zero-order chi connectivity index (χ0) is 18.0. The van der Waals surface area contributed by atoms with Gasteiger partial charge in [0.2, 0.25) is 10.0 Å². The molecule has 24 heavy (non-hydrogen) atoms. The van der Waals surface area contributed by atoms with Crippen molar-refractivity contribution >= 4 is 41.7 Å². The van der Waals surface area contributed by atoms with Crippen molar-refractivity contribution in [3.63, 3.8) is 0 Å². The van der Waals surface area contributed by atoms with Gasteiger partial charge in [-0.1, -0.05) is 12.1 Å². The van der Waals surface area contributed by atoms with Gasteiger partial charge in [-0.3, -0.25) is 4.72 Å². The molecule has 0 saturated heterocycles. The van der Waals surface area contributed by atoms with Crippen LogP contribution in [0.25, 0.3) is 0 Å². The number of anilines is 1. The van der Waals surface area contributed by atoms with Crippen molar-refractivity contribution in [3.8, 4) is 5.75 Å². The summed E-state index contributed by atoms with van der Waals surface area (Å²) in [4.78, 5) is 0.0591. The van der Waals surface area contributed by atoms with Gasteiger partial charge < -0.3 is 4.74 Å². The molecule has 10 heteroatoms. The lowest BCUT2D eigenvalue weighted by Crippen LogP contribution is -2.15. The van der Waals surface area contributed by atoms with E-state index in [-0.39, 0.29) is 10.6 Å². The first-order valence-corrected chi connectivity index (χ1v) is 10.6. The summed E-state index contributed by atoms with van der Waals surface area (Å²) in [5.41, 5.74) is 0.771. The summed E-state index contributed by atoms with van der Waals surface area (Å²) in [6.45, 7) is 0. The Bertz CT molecular complexity index is 942. The number of sulfonamides is 2. The maximum absolute atomic E-state index is 12.4. The van der Waals surface area contributed by atoms with E-state index in [1.54, 1.807) is 0 Å². The highest BCUT2D eigenvalue weighted by molar-refractivity contribution is 9.10. The summed E-state index contributed by atoms with van der Waals surface area (Å²) in [6, 6.07) is 10.3. The van der Waals surface area contributed by atoms with Crippen LogP contribution in [0.3, 0.4) is 0 Å². The van der Waals surface area contributed by atoms with Gasteiger partial charge in [-0.2, -0.15) is 0 Å². The van der Waals surface area contributed by atoms with Gasteiger partial charge in [0.1, 0.15) is 5.75 Å². The minimum absolute atomic E-state index is 0.0591. The fourth-order valence-corrected chi connectivity index (χ4v) is 4.36. The number of halogens is 1. The van der Waals surface area contributed by atoms with E-state index in [0.29, 0.717) is 21.5 Å². The minimum Gasteiger partial charge on any atom is -0.496 e. The van der Waals surface area contributed by atoms with Crippen LogP contribution in [0.2, 0.25) is 0 Å². The van der Waals surface area contributed by atoms with Gasteiger partial charge in [0.25, 0.3) is 10.0 Å². The van der Waals surface area contributed by atoms with Crippen LogP contribution < -0.4 is 14.6 Å². The lowest BCUT2D eigenvalue weighted by molar-refractivity contribution is 0.411. The molecule has 130 valence electrons. The first-order chi connectivity index (χ1) is 11.1. The van der Waals surface area contributed by atoms with Crippen LogP contribution in [0.4, 0.5) is 5.69 Å². The third-order valence-electron chi connectivity index (χ3n) is 3.01. The molecular weight excluding hydrogens is 420 g/mol. The van der Waals surface area contributed by atoms with Crippen molar-refractivity contribution in [3.05, 3.63) is 52.5 Å². The third-order valence-corrected chi connectivity index (χ3v) is 5.74. The predicted molar refractivity (Wildman–Crippen MR) is 94.8 cm³/mol. The molecule has 0 radical (unpaired) electrons. The number of methoxy groups -OCH3 is 1. The van der Waals surface area contributed by atoms with Gasteiger partial charge in [-0.25, -0.2) is 22.0 Å². The number of rotatable bonds is 6. The van der Waals surface area contributed by atoms with Gasteiger partial charge in [0.05, 0.1) is 22.2 Å². The lowest BCUT2D eigenvalue weighted by Gasteiger charge is -2.10. The van der Waals surface area contributed by atoms with E-state index in [9.17, 15) is 16.8 Å². The fourth-order valence-electron chi connectivity index (χ4n) is 1.93. The summed E-state index contributed by atoms with van der Waals surface area (Å²) in [5, 5.41) is 4.97. The maximum Gasteiger partial charge on any atom is 0.261 e. The van der Waals surface area contributed by atoms with Crippen molar-refractivity contribution in [1.82, 2.24) is 0 Å². The van der Waals surface area contributed by atoms with Gasteiger partial charge in [-0.15, -0.1) is 0 Å². The largest absolute Gasteiger partial charge is 0.496 e. The molecule has 0 bridgehead atoms. The molecule has 0 aromatic heterocycles. The molecule has 0 unspecified atom stereocenters. The fraction of sp³-hybridized carbons (Fsp3) is 0.143. The Balaban J connectivity index is 2.21. The van der Waals surface area contributed by atoms with E-state index in [1.165, 1.54) is 49.6 Å². The number of ether oxygens (including phenoxy) is 1. The molecular formula is C14H15BrN2O5S2. The van der Waals surface area contributed by atoms with E-state index in [0.717, 1.165) is 0 Å². The molecule has 0 atom stereocenters. The molecule has 0 spiro atoms. The van der Waals surface area contributed by atoms with E-state index in [1.807, 2.05) is 0 Å². The quantitative estimate of drug-likeness (QED) is 0.721. The minimum atomic E-state index is -3.79. The summed E-state index contributed by atoms with van der Waals surface area (Å²) >= 11 is 3.24. The van der Waals surface area contributed by atoms with Crippen molar-refractivity contribution in [2.24, 2.45) is 5.14 Å². The van der Waals surface area contributed by atoms with E-state index < -0.39 is 20.0 Å². The van der Waals surface area contributed by atoms with Gasteiger partial charge in [0, 0.05) is 5.69 Å². The second kappa shape index (κ2) is 7.09. The number of primary sulfonamides is 1. The zero-order valence-corrected chi connectivity index (χ0v) is 15.8. The molecule has 0 amide bonds. The van der Waals surface area contributed by atoms with E-state index >= 15 is 0 Å². The summed E-state index contributed by atoms with van der Waals surface area (Å²) in [6.07, 6.45) is 0. The highest BCUT2D eigenvalue weighted by atomic mass is 79.9. The molecule has 0 heterocycles. The average molecular weight is 435 g/mol. The van der Waals surface area contributed by atoms with Gasteiger partial charge in [-0.05, 0) is 51.8 Å². The van der Waals surface area contributed by atoms with Crippen LogP contribution in [0.5, 0.6) is 5.75 Å². The normalized spacial score (nSPS) is 12.0. The van der Waals surface area contributed by atoms with E-state index in [4.69, 9.17) is 9.88 Å². The molecule has 2 aromatic rings. The van der Waals surface area contributed by atoms with Crippen LogP contribution in [0.15, 0.2) is 51.8 Å². The molecule has 7 nitrogen and oxygen atoms in total. The van der Waals surface area contributed by atoms with Gasteiger partial charge in [0.15, 0.2) is 0 Å². The van der Waals surface area contributed by atoms with Crippen molar-refractivity contribution < 1.29 is 21.6 Å². The van der Waals surface area contributed by atoms with Gasteiger partial charge >= 0.3 is 0 Å². The summed E-state index contributed by atoms with van der Waals surface area (Å²) in [5.74, 6) is 0.201. The van der Waals surface area contributed by atoms with Crippen molar-refractivity contribution in [2.75, 3.05) is 11.8 Å². The van der Waals surface area contributed by atoms with E-state index in [2.05, 4.69) is 20.7 Å². The maximum atomic E-state index is 12.4. The molecule has 0 aliphatic carbocycles. The molecule has 2 rings (SSSR count). The standard InChI is InChI=1S/C14H15BrN2O5S2/c1-22-14-7-6-12(8-13(14)15)24(20,21)17-11-4-2-10(3-5-11)9-23(16,18)19/h2-8,17H,9H2,1H3,(H2,16,18,19). The number of hydrogen-bond acceptors (Lipinski definition) is 5. The van der Waals surface area contributed by atoms with Crippen LogP contribution in [0, 0.1) is 0 Å². The molecule has 0 aliphatic rings. The SMILES string of the molecule is COc1ccc(S(=O)(=O)Nc2ccc(CS(N)(=O)=O)cc2)cc1Br. The zero-order valence-electron chi connectivity index (χ0n) is 12.6. The Kier molecular flexibility index (Phi) is 5.53. The first-order valence-electron chi connectivity index (χ1n) is 6.56. The second-order valence-corrected chi connectivity index (χ2v) is 9.06. The Labute approximate surface area is 149 Å². The average Bonchev–Trinajstić information content (AvgIpc) is 2.47. The molecule has 0 fully saturated rings. The molecule has 2 aromatic carbocycles. The van der Waals surface area contributed by atoms with Crippen LogP contribution in [0.1, 0.15) is 5.56 Å². The Morgan fingerprint density at radius 2 is 1.71 bits per heavy atom. The number of nitrogens with two attached hydrogens (primary N) is 1. The van der Waals surface area contributed by atoms with Crippen molar-refractivity contribution in [1.29, 1.82) is 0 Å². The first kappa shape index (κ1) is 18.7. The molecule has 0 saturated carbocycles. The van der Waals surface area contributed by atoms with Crippen molar-refractivity contribution in [2.45, 2.75) is 10.6 Å². The van der Waals surface area contributed by atoms with Crippen LogP contribution in [-0.2, 0) is 25.8 Å². The third kappa shape index (κ3) is 4.94. The number of nitrogens with one attached hydrogen (secondary N) is 1.